The molecule has 0 saturated carbocycles. The van der Waals surface area contributed by atoms with Gasteiger partial charge in [-0.2, -0.15) is 0 Å². The summed E-state index contributed by atoms with van der Waals surface area (Å²) >= 11 is 4.69. The number of rotatable bonds is 7. The summed E-state index contributed by atoms with van der Waals surface area (Å²) in [7, 11) is 0. The Hall–Kier alpha value is 0.499. The Kier molecular flexibility index (Phi) is 8.45. The van der Waals surface area contributed by atoms with Crippen LogP contribution in [0.4, 0.5) is 0 Å². The molecule has 1 atom stereocenters. The summed E-state index contributed by atoms with van der Waals surface area (Å²) < 4.78 is 6.23. The van der Waals surface area contributed by atoms with Crippen LogP contribution in [0.2, 0.25) is 0 Å². The predicted molar refractivity (Wildman–Crippen MR) is 58.0 cm³/mol. The quantitative estimate of drug-likeness (QED) is 0.682. The van der Waals surface area contributed by atoms with Crippen molar-refractivity contribution in [3.8, 4) is 0 Å². The topological polar surface area (TPSA) is 35.2 Å². The molecule has 0 fully saturated rings. The van der Waals surface area contributed by atoms with E-state index in [1.165, 1.54) is 0 Å². The molecule has 72 valence electrons. The molecule has 0 spiro atoms. The van der Waals surface area contributed by atoms with Gasteiger partial charge in [0.15, 0.2) is 0 Å². The molecule has 2 N–H and O–H groups in total. The average Bonchev–Trinajstić information content (AvgIpc) is 2.10. The van der Waals surface area contributed by atoms with E-state index in [9.17, 15) is 0 Å². The molecular weight excluding hydrogens is 237 g/mol. The predicted octanol–water partition coefficient (Wildman–Crippen LogP) is 0.792. The number of thioether (sulfide) groups is 1. The fourth-order valence-corrected chi connectivity index (χ4v) is 1.58. The fourth-order valence-electron chi connectivity index (χ4n) is 0.672. The molecule has 0 heterocycles. The molecule has 0 unspecified atom stereocenters. The van der Waals surface area contributed by atoms with E-state index in [4.69, 9.17) is 10.5 Å². The van der Waals surface area contributed by atoms with E-state index in [2.05, 4.69) is 28.8 Å². The van der Waals surface area contributed by atoms with Gasteiger partial charge in [-0.3, -0.25) is 0 Å². The third kappa shape index (κ3) is 6.06. The zero-order chi connectivity index (χ0) is 9.40. The van der Waals surface area contributed by atoms with Crippen LogP contribution in [0.5, 0.6) is 0 Å². The van der Waals surface area contributed by atoms with Gasteiger partial charge in [0.2, 0.25) is 0 Å². The second-order valence-corrected chi connectivity index (χ2v) is 4.39. The zero-order valence-corrected chi connectivity index (χ0v) is 10.2. The van der Waals surface area contributed by atoms with Crippen LogP contribution >= 0.6 is 11.8 Å². The van der Waals surface area contributed by atoms with Crippen molar-refractivity contribution in [2.75, 3.05) is 18.6 Å². The average molecular weight is 254 g/mol. The standard InChI is InChI=1S/C8H17NOSSe/c1-3-5-10-8(12)7(9)4-6-11-2/h7H,3-6,9H2,1-2H3/t7-/m0/s1. The van der Waals surface area contributed by atoms with Crippen molar-refractivity contribution in [2.45, 2.75) is 25.8 Å². The van der Waals surface area contributed by atoms with Gasteiger partial charge in [0.1, 0.15) is 0 Å². The molecule has 0 aromatic carbocycles. The summed E-state index contributed by atoms with van der Waals surface area (Å²) in [5, 5.41) is 0. The second kappa shape index (κ2) is 8.11. The summed E-state index contributed by atoms with van der Waals surface area (Å²) in [5.74, 6) is 1.09. The first-order valence-corrected chi connectivity index (χ1v) is 6.38. The van der Waals surface area contributed by atoms with Crippen LogP contribution in [0, 0.1) is 0 Å². The molecule has 0 bridgehead atoms. The minimum atomic E-state index is 0.0593. The first-order valence-electron chi connectivity index (χ1n) is 4.13. The van der Waals surface area contributed by atoms with E-state index in [1.807, 2.05) is 11.8 Å². The zero-order valence-electron chi connectivity index (χ0n) is 7.71. The number of nitrogens with two attached hydrogens (primary N) is 1. The summed E-state index contributed by atoms with van der Waals surface area (Å²) in [5.41, 5.74) is 5.84. The molecule has 0 aromatic heterocycles. The molecule has 12 heavy (non-hydrogen) atoms. The molecule has 0 aromatic rings. The van der Waals surface area contributed by atoms with E-state index in [0.717, 1.165) is 29.8 Å². The molecule has 2 nitrogen and oxygen atoms in total. The summed E-state index contributed by atoms with van der Waals surface area (Å²) in [6.45, 7) is 2.84. The number of hydrogen-bond donors (Lipinski definition) is 1. The Morgan fingerprint density at radius 3 is 2.83 bits per heavy atom. The monoisotopic (exact) mass is 255 g/mol. The van der Waals surface area contributed by atoms with Crippen molar-refractivity contribution >= 4 is 31.9 Å². The number of hydrogen-bond acceptors (Lipinski definition) is 3. The van der Waals surface area contributed by atoms with Crippen molar-refractivity contribution in [3.05, 3.63) is 0 Å². The van der Waals surface area contributed by atoms with Gasteiger partial charge < -0.3 is 0 Å². The maximum absolute atomic E-state index is 5.84. The van der Waals surface area contributed by atoms with Crippen molar-refractivity contribution in [1.29, 1.82) is 0 Å². The van der Waals surface area contributed by atoms with E-state index < -0.39 is 0 Å². The molecule has 0 amide bonds. The summed E-state index contributed by atoms with van der Waals surface area (Å²) in [6, 6.07) is 0.0593. The van der Waals surface area contributed by atoms with Crippen LogP contribution in [0.1, 0.15) is 19.8 Å². The normalized spacial score (nSPS) is 12.6. The van der Waals surface area contributed by atoms with Crippen LogP contribution < -0.4 is 5.73 Å². The Morgan fingerprint density at radius 2 is 2.33 bits per heavy atom. The van der Waals surface area contributed by atoms with Gasteiger partial charge in [-0.25, -0.2) is 0 Å². The van der Waals surface area contributed by atoms with Crippen LogP contribution in [0.25, 0.3) is 0 Å². The molecule has 4 heteroatoms. The second-order valence-electron chi connectivity index (χ2n) is 2.56. The van der Waals surface area contributed by atoms with Gasteiger partial charge in [0.05, 0.1) is 0 Å². The van der Waals surface area contributed by atoms with Crippen molar-refractivity contribution in [1.82, 2.24) is 0 Å². The molecule has 0 saturated heterocycles. The fraction of sp³-hybridized carbons (Fsp3) is 0.875. The van der Waals surface area contributed by atoms with Crippen molar-refractivity contribution in [2.24, 2.45) is 5.73 Å². The van der Waals surface area contributed by atoms with Crippen LogP contribution in [-0.2, 0) is 4.74 Å². The van der Waals surface area contributed by atoms with Gasteiger partial charge in [-0.15, -0.1) is 0 Å². The Bertz CT molecular complexity index is 132. The summed E-state index contributed by atoms with van der Waals surface area (Å²) in [6.07, 6.45) is 4.09. The molecule has 0 aliphatic heterocycles. The molecule has 0 aliphatic rings. The summed E-state index contributed by atoms with van der Waals surface area (Å²) in [4.78, 5) is 0. The first kappa shape index (κ1) is 12.5. The molecule has 0 radical (unpaired) electrons. The van der Waals surface area contributed by atoms with Gasteiger partial charge >= 0.3 is 86.8 Å². The van der Waals surface area contributed by atoms with Gasteiger partial charge in [0.25, 0.3) is 0 Å². The van der Waals surface area contributed by atoms with Crippen LogP contribution in [-0.4, -0.2) is 44.8 Å². The van der Waals surface area contributed by atoms with E-state index in [-0.39, 0.29) is 6.04 Å². The SMILES string of the molecule is CCCOC(=[Se])[C@@H](N)CCSC. The van der Waals surface area contributed by atoms with E-state index in [0.29, 0.717) is 0 Å². The van der Waals surface area contributed by atoms with Gasteiger partial charge in [-0.1, -0.05) is 0 Å². The molecular formula is C8H17NOSSe. The van der Waals surface area contributed by atoms with Gasteiger partial charge in [-0.05, 0) is 0 Å². The molecule has 0 rings (SSSR count). The van der Waals surface area contributed by atoms with Crippen molar-refractivity contribution < 1.29 is 4.74 Å². The number of ether oxygens (including phenoxy) is 1. The van der Waals surface area contributed by atoms with E-state index >= 15 is 0 Å². The Morgan fingerprint density at radius 1 is 1.67 bits per heavy atom. The maximum atomic E-state index is 5.84. The minimum absolute atomic E-state index is 0.0593. The van der Waals surface area contributed by atoms with Crippen molar-refractivity contribution in [3.63, 3.8) is 0 Å². The third-order valence-corrected chi connectivity index (χ3v) is 2.91. The first-order chi connectivity index (χ1) is 5.72. The van der Waals surface area contributed by atoms with E-state index in [1.54, 1.807) is 0 Å². The molecule has 0 aliphatic carbocycles. The Labute approximate surface area is 87.0 Å². The third-order valence-electron chi connectivity index (χ3n) is 1.38. The Balaban J connectivity index is 3.47. The van der Waals surface area contributed by atoms with Crippen LogP contribution in [0.3, 0.4) is 0 Å². The van der Waals surface area contributed by atoms with Gasteiger partial charge in [0, 0.05) is 0 Å². The van der Waals surface area contributed by atoms with Crippen LogP contribution in [0.15, 0.2) is 0 Å².